The Labute approximate surface area is 118 Å². The Bertz CT molecular complexity index is 469. The summed E-state index contributed by atoms with van der Waals surface area (Å²) in [5.41, 5.74) is -0.510. The van der Waals surface area contributed by atoms with Gasteiger partial charge in [0.25, 0.3) is 0 Å². The third kappa shape index (κ3) is 4.89. The highest BCUT2D eigenvalue weighted by Crippen LogP contribution is 2.15. The number of carbonyl (C=O) groups excluding carboxylic acids is 1. The van der Waals surface area contributed by atoms with Gasteiger partial charge in [-0.1, -0.05) is 0 Å². The molecule has 6 heteroatoms. The molecular formula is C14H20N2O4. The summed E-state index contributed by atoms with van der Waals surface area (Å²) in [5.74, 6) is -0.578. The number of benzene rings is 1. The van der Waals surface area contributed by atoms with E-state index in [1.165, 1.54) is 13.8 Å². The minimum Gasteiger partial charge on any atom is -0.494 e. The molecule has 1 amide bonds. The number of aliphatic carboxylic acids is 1. The number of carboxylic acid groups (broad SMARTS) is 1. The Hall–Kier alpha value is -2.08. The maximum absolute atomic E-state index is 11.7. The van der Waals surface area contributed by atoms with E-state index in [2.05, 4.69) is 10.6 Å². The van der Waals surface area contributed by atoms with E-state index < -0.39 is 11.5 Å². The zero-order valence-electron chi connectivity index (χ0n) is 11.9. The quantitative estimate of drug-likeness (QED) is 0.704. The van der Waals surface area contributed by atoms with E-state index >= 15 is 0 Å². The molecule has 0 aliphatic heterocycles. The van der Waals surface area contributed by atoms with Crippen LogP contribution in [-0.2, 0) is 9.59 Å². The maximum atomic E-state index is 11.7. The van der Waals surface area contributed by atoms with Crippen LogP contribution < -0.4 is 15.4 Å². The van der Waals surface area contributed by atoms with E-state index in [9.17, 15) is 9.59 Å². The fraction of sp³-hybridized carbons (Fsp3) is 0.429. The zero-order valence-corrected chi connectivity index (χ0v) is 11.9. The number of ether oxygens (including phenoxy) is 1. The second-order valence-corrected chi connectivity index (χ2v) is 4.79. The average Bonchev–Trinajstić information content (AvgIpc) is 2.39. The van der Waals surface area contributed by atoms with Crippen LogP contribution in [0.2, 0.25) is 0 Å². The number of anilines is 1. The van der Waals surface area contributed by atoms with Crippen molar-refractivity contribution in [2.24, 2.45) is 0 Å². The molecule has 0 saturated carbocycles. The Morgan fingerprint density at radius 1 is 1.25 bits per heavy atom. The molecule has 0 saturated heterocycles. The number of carbonyl (C=O) groups is 2. The van der Waals surface area contributed by atoms with Crippen LogP contribution in [0.25, 0.3) is 0 Å². The highest BCUT2D eigenvalue weighted by atomic mass is 16.5. The lowest BCUT2D eigenvalue weighted by Gasteiger charge is -2.20. The van der Waals surface area contributed by atoms with Crippen LogP contribution in [0.4, 0.5) is 5.69 Å². The van der Waals surface area contributed by atoms with Crippen molar-refractivity contribution >= 4 is 17.6 Å². The SMILES string of the molecule is CCOc1ccc(NC(=O)CNC(C)(C)C(=O)O)cc1. The molecule has 1 aromatic rings. The van der Waals surface area contributed by atoms with Crippen molar-refractivity contribution in [1.29, 1.82) is 0 Å². The second-order valence-electron chi connectivity index (χ2n) is 4.79. The highest BCUT2D eigenvalue weighted by Gasteiger charge is 2.26. The molecule has 0 aliphatic rings. The molecule has 1 rings (SSSR count). The van der Waals surface area contributed by atoms with Gasteiger partial charge in [0.2, 0.25) is 5.91 Å². The lowest BCUT2D eigenvalue weighted by Crippen LogP contribution is -2.49. The molecule has 0 aromatic heterocycles. The largest absolute Gasteiger partial charge is 0.494 e. The van der Waals surface area contributed by atoms with Gasteiger partial charge in [0.15, 0.2) is 0 Å². The van der Waals surface area contributed by atoms with Gasteiger partial charge in [0.1, 0.15) is 11.3 Å². The van der Waals surface area contributed by atoms with Crippen LogP contribution in [0.3, 0.4) is 0 Å². The van der Waals surface area contributed by atoms with Gasteiger partial charge in [0, 0.05) is 5.69 Å². The molecule has 0 atom stereocenters. The molecule has 6 nitrogen and oxygen atoms in total. The van der Waals surface area contributed by atoms with E-state index in [0.717, 1.165) is 5.75 Å². The predicted octanol–water partition coefficient (Wildman–Crippen LogP) is 1.48. The van der Waals surface area contributed by atoms with Gasteiger partial charge in [-0.15, -0.1) is 0 Å². The van der Waals surface area contributed by atoms with Gasteiger partial charge >= 0.3 is 5.97 Å². The number of carboxylic acids is 1. The highest BCUT2D eigenvalue weighted by molar-refractivity contribution is 5.92. The Balaban J connectivity index is 2.48. The first kappa shape index (κ1) is 16.0. The molecule has 0 spiro atoms. The topological polar surface area (TPSA) is 87.7 Å². The first-order valence-electron chi connectivity index (χ1n) is 6.36. The van der Waals surface area contributed by atoms with Gasteiger partial charge in [-0.25, -0.2) is 0 Å². The summed E-state index contributed by atoms with van der Waals surface area (Å²) in [4.78, 5) is 22.6. The smallest absolute Gasteiger partial charge is 0.323 e. The van der Waals surface area contributed by atoms with E-state index in [4.69, 9.17) is 9.84 Å². The van der Waals surface area contributed by atoms with Crippen molar-refractivity contribution in [2.75, 3.05) is 18.5 Å². The van der Waals surface area contributed by atoms with Crippen LogP contribution in [0.5, 0.6) is 5.75 Å². The second kappa shape index (κ2) is 6.91. The average molecular weight is 280 g/mol. The standard InChI is InChI=1S/C14H20N2O4/c1-4-20-11-7-5-10(6-8-11)16-12(17)9-15-14(2,3)13(18)19/h5-8,15H,4,9H2,1-3H3,(H,16,17)(H,18,19). The van der Waals surface area contributed by atoms with Crippen molar-refractivity contribution in [1.82, 2.24) is 5.32 Å². The minimum atomic E-state index is -1.14. The molecular weight excluding hydrogens is 260 g/mol. The monoisotopic (exact) mass is 280 g/mol. The maximum Gasteiger partial charge on any atom is 0.323 e. The Morgan fingerprint density at radius 2 is 1.85 bits per heavy atom. The molecule has 20 heavy (non-hydrogen) atoms. The first-order chi connectivity index (χ1) is 9.35. The van der Waals surface area contributed by atoms with Crippen LogP contribution >= 0.6 is 0 Å². The summed E-state index contributed by atoms with van der Waals surface area (Å²) in [6.07, 6.45) is 0. The number of amides is 1. The third-order valence-electron chi connectivity index (χ3n) is 2.67. The number of rotatable bonds is 7. The molecule has 3 N–H and O–H groups in total. The van der Waals surface area contributed by atoms with Crippen molar-refractivity contribution in [3.63, 3.8) is 0 Å². The predicted molar refractivity (Wildman–Crippen MR) is 76.0 cm³/mol. The molecule has 0 bridgehead atoms. The third-order valence-corrected chi connectivity index (χ3v) is 2.67. The summed E-state index contributed by atoms with van der Waals surface area (Å²) in [6.45, 7) is 5.40. The van der Waals surface area contributed by atoms with E-state index in [-0.39, 0.29) is 12.5 Å². The number of nitrogens with one attached hydrogen (secondary N) is 2. The summed E-state index contributed by atoms with van der Waals surface area (Å²) in [7, 11) is 0. The summed E-state index contributed by atoms with van der Waals surface area (Å²) >= 11 is 0. The van der Waals surface area contributed by atoms with Gasteiger partial charge in [-0.05, 0) is 45.0 Å². The summed E-state index contributed by atoms with van der Waals surface area (Å²) in [5, 5.41) is 14.3. The van der Waals surface area contributed by atoms with Gasteiger partial charge < -0.3 is 15.2 Å². The molecule has 0 fully saturated rings. The molecule has 0 radical (unpaired) electrons. The van der Waals surface area contributed by atoms with Crippen molar-refractivity contribution in [3.8, 4) is 5.75 Å². The van der Waals surface area contributed by atoms with Gasteiger partial charge in [0.05, 0.1) is 13.2 Å². The molecule has 110 valence electrons. The number of hydrogen-bond acceptors (Lipinski definition) is 4. The lowest BCUT2D eigenvalue weighted by atomic mass is 10.1. The van der Waals surface area contributed by atoms with Crippen molar-refractivity contribution < 1.29 is 19.4 Å². The number of hydrogen-bond donors (Lipinski definition) is 3. The summed E-state index contributed by atoms with van der Waals surface area (Å²) < 4.78 is 5.29. The lowest BCUT2D eigenvalue weighted by molar-refractivity contribution is -0.143. The normalized spacial score (nSPS) is 10.9. The minimum absolute atomic E-state index is 0.0769. The molecule has 0 heterocycles. The fourth-order valence-corrected chi connectivity index (χ4v) is 1.38. The van der Waals surface area contributed by atoms with Crippen molar-refractivity contribution in [3.05, 3.63) is 24.3 Å². The van der Waals surface area contributed by atoms with Crippen molar-refractivity contribution in [2.45, 2.75) is 26.3 Å². The molecule has 0 unspecified atom stereocenters. The van der Waals surface area contributed by atoms with Crippen LogP contribution in [0, 0.1) is 0 Å². The van der Waals surface area contributed by atoms with Gasteiger partial charge in [-0.2, -0.15) is 0 Å². The fourth-order valence-electron chi connectivity index (χ4n) is 1.38. The Kier molecular flexibility index (Phi) is 5.52. The molecule has 1 aromatic carbocycles. The van der Waals surface area contributed by atoms with Crippen LogP contribution in [0.15, 0.2) is 24.3 Å². The van der Waals surface area contributed by atoms with E-state index in [1.807, 2.05) is 6.92 Å². The summed E-state index contributed by atoms with van der Waals surface area (Å²) in [6, 6.07) is 6.97. The van der Waals surface area contributed by atoms with Crippen LogP contribution in [-0.4, -0.2) is 35.7 Å². The molecule has 0 aliphatic carbocycles. The Morgan fingerprint density at radius 3 is 2.35 bits per heavy atom. The van der Waals surface area contributed by atoms with E-state index in [1.54, 1.807) is 24.3 Å². The zero-order chi connectivity index (χ0) is 15.2. The van der Waals surface area contributed by atoms with Crippen LogP contribution in [0.1, 0.15) is 20.8 Å². The van der Waals surface area contributed by atoms with Gasteiger partial charge in [-0.3, -0.25) is 14.9 Å². The first-order valence-corrected chi connectivity index (χ1v) is 6.36. The van der Waals surface area contributed by atoms with E-state index in [0.29, 0.717) is 12.3 Å².